The average molecular weight is 478 g/mol. The third-order valence-corrected chi connectivity index (χ3v) is 6.54. The van der Waals surface area contributed by atoms with Gasteiger partial charge in [0.05, 0.1) is 25.0 Å². The van der Waals surface area contributed by atoms with Crippen LogP contribution < -0.4 is 10.1 Å². The highest BCUT2D eigenvalue weighted by atomic mass is 32.2. The molecule has 0 bridgehead atoms. The van der Waals surface area contributed by atoms with E-state index in [9.17, 15) is 9.59 Å². The number of Topliss-reactive ketones (excluding diaryl/α,β-unsaturated/α-hetero) is 1. The number of carbonyl (C=O) groups is 2. The fraction of sp³-hybridized carbons (Fsp3) is 0.280. The van der Waals surface area contributed by atoms with E-state index in [1.165, 1.54) is 11.8 Å². The Balaban J connectivity index is 1.45. The first-order valence-electron chi connectivity index (χ1n) is 11.1. The van der Waals surface area contributed by atoms with Gasteiger partial charge in [-0.3, -0.25) is 9.59 Å². The minimum atomic E-state index is -0.216. The van der Waals surface area contributed by atoms with E-state index in [-0.39, 0.29) is 23.9 Å². The Labute approximate surface area is 202 Å². The van der Waals surface area contributed by atoms with Gasteiger partial charge < -0.3 is 19.2 Å². The molecule has 0 spiro atoms. The van der Waals surface area contributed by atoms with Gasteiger partial charge in [0.2, 0.25) is 5.91 Å². The number of anilines is 1. The van der Waals surface area contributed by atoms with Gasteiger partial charge in [0.15, 0.2) is 10.9 Å². The van der Waals surface area contributed by atoms with Crippen molar-refractivity contribution in [2.75, 3.05) is 18.2 Å². The number of rotatable bonds is 10. The molecule has 0 aliphatic rings. The van der Waals surface area contributed by atoms with Crippen LogP contribution in [0.5, 0.6) is 5.75 Å². The molecule has 8 nitrogen and oxygen atoms in total. The van der Waals surface area contributed by atoms with E-state index >= 15 is 0 Å². The Morgan fingerprint density at radius 2 is 1.79 bits per heavy atom. The van der Waals surface area contributed by atoms with Gasteiger partial charge in [-0.1, -0.05) is 42.1 Å². The SMILES string of the molecule is CCn1c(CC(=O)Nc2ccccc2OC)nnc1SCC(=O)c1cn(CC)c2ccccc12. The first-order chi connectivity index (χ1) is 16.5. The van der Waals surface area contributed by atoms with Crippen molar-refractivity contribution < 1.29 is 14.3 Å². The van der Waals surface area contributed by atoms with Crippen LogP contribution in [0.1, 0.15) is 30.0 Å². The molecular formula is C25H27N5O3S. The first kappa shape index (κ1) is 23.6. The summed E-state index contributed by atoms with van der Waals surface area (Å²) in [5.41, 5.74) is 2.37. The van der Waals surface area contributed by atoms with Crippen LogP contribution in [-0.2, 0) is 24.3 Å². The molecule has 0 aliphatic heterocycles. The van der Waals surface area contributed by atoms with Gasteiger partial charge in [-0.2, -0.15) is 0 Å². The summed E-state index contributed by atoms with van der Waals surface area (Å²) in [6.07, 6.45) is 1.99. The molecule has 2 aromatic heterocycles. The molecule has 4 rings (SSSR count). The monoisotopic (exact) mass is 477 g/mol. The number of nitrogens with one attached hydrogen (secondary N) is 1. The zero-order valence-electron chi connectivity index (χ0n) is 19.4. The Kier molecular flexibility index (Phi) is 7.32. The number of methoxy groups -OCH3 is 1. The fourth-order valence-corrected chi connectivity index (χ4v) is 4.80. The molecule has 0 atom stereocenters. The lowest BCUT2D eigenvalue weighted by Gasteiger charge is -2.10. The van der Waals surface area contributed by atoms with Crippen LogP contribution in [0.25, 0.3) is 10.9 Å². The number of para-hydroxylation sites is 3. The zero-order valence-corrected chi connectivity index (χ0v) is 20.3. The third-order valence-electron chi connectivity index (χ3n) is 5.57. The lowest BCUT2D eigenvalue weighted by Crippen LogP contribution is -2.18. The van der Waals surface area contributed by atoms with Crippen molar-refractivity contribution in [3.63, 3.8) is 0 Å². The molecule has 1 amide bonds. The molecule has 0 radical (unpaired) electrons. The van der Waals surface area contributed by atoms with E-state index in [2.05, 4.69) is 27.0 Å². The van der Waals surface area contributed by atoms with Gasteiger partial charge in [0, 0.05) is 35.8 Å². The molecule has 0 saturated carbocycles. The van der Waals surface area contributed by atoms with Crippen molar-refractivity contribution in [1.29, 1.82) is 0 Å². The van der Waals surface area contributed by atoms with Crippen molar-refractivity contribution in [3.8, 4) is 5.75 Å². The number of fused-ring (bicyclic) bond motifs is 1. The maximum Gasteiger partial charge on any atom is 0.232 e. The van der Waals surface area contributed by atoms with Crippen LogP contribution in [0.4, 0.5) is 5.69 Å². The van der Waals surface area contributed by atoms with E-state index in [1.54, 1.807) is 19.2 Å². The molecule has 1 N–H and O–H groups in total. The van der Waals surface area contributed by atoms with E-state index in [0.29, 0.717) is 34.5 Å². The topological polar surface area (TPSA) is 91.0 Å². The number of carbonyl (C=O) groups excluding carboxylic acids is 2. The molecule has 2 aromatic carbocycles. The van der Waals surface area contributed by atoms with Gasteiger partial charge in [-0.15, -0.1) is 10.2 Å². The molecule has 0 fully saturated rings. The summed E-state index contributed by atoms with van der Waals surface area (Å²) < 4.78 is 9.24. The Morgan fingerprint density at radius 3 is 2.56 bits per heavy atom. The predicted molar refractivity (Wildman–Crippen MR) is 134 cm³/mol. The van der Waals surface area contributed by atoms with Gasteiger partial charge in [0.1, 0.15) is 11.6 Å². The van der Waals surface area contributed by atoms with Gasteiger partial charge in [-0.05, 0) is 32.0 Å². The lowest BCUT2D eigenvalue weighted by molar-refractivity contribution is -0.115. The van der Waals surface area contributed by atoms with Crippen molar-refractivity contribution >= 4 is 40.0 Å². The number of ether oxygens (including phenoxy) is 1. The van der Waals surface area contributed by atoms with Crippen molar-refractivity contribution in [3.05, 3.63) is 66.1 Å². The Bertz CT molecular complexity index is 1330. The molecular weight excluding hydrogens is 450 g/mol. The quantitative estimate of drug-likeness (QED) is 0.268. The van der Waals surface area contributed by atoms with Gasteiger partial charge >= 0.3 is 0 Å². The van der Waals surface area contributed by atoms with E-state index in [0.717, 1.165) is 17.4 Å². The van der Waals surface area contributed by atoms with Crippen LogP contribution in [0, 0.1) is 0 Å². The number of hydrogen-bond donors (Lipinski definition) is 1. The fourth-order valence-electron chi connectivity index (χ4n) is 3.90. The van der Waals surface area contributed by atoms with Crippen molar-refractivity contribution in [2.45, 2.75) is 38.5 Å². The van der Waals surface area contributed by atoms with E-state index < -0.39 is 0 Å². The third kappa shape index (κ3) is 4.84. The minimum Gasteiger partial charge on any atom is -0.495 e. The highest BCUT2D eigenvalue weighted by Crippen LogP contribution is 2.26. The summed E-state index contributed by atoms with van der Waals surface area (Å²) >= 11 is 1.34. The summed E-state index contributed by atoms with van der Waals surface area (Å²) in [5.74, 6) is 1.20. The number of benzene rings is 2. The van der Waals surface area contributed by atoms with Crippen LogP contribution in [0.3, 0.4) is 0 Å². The van der Waals surface area contributed by atoms with Crippen molar-refractivity contribution in [1.82, 2.24) is 19.3 Å². The number of nitrogens with zero attached hydrogens (tertiary/aromatic N) is 4. The second-order valence-electron chi connectivity index (χ2n) is 7.63. The Hall–Kier alpha value is -3.59. The lowest BCUT2D eigenvalue weighted by atomic mass is 10.1. The minimum absolute atomic E-state index is 0.0366. The maximum atomic E-state index is 13.0. The van der Waals surface area contributed by atoms with Crippen LogP contribution in [0.15, 0.2) is 59.9 Å². The summed E-state index contributed by atoms with van der Waals surface area (Å²) in [6.45, 7) is 5.41. The number of hydrogen-bond acceptors (Lipinski definition) is 6. The largest absolute Gasteiger partial charge is 0.495 e. The number of amides is 1. The number of aromatic nitrogens is 4. The van der Waals surface area contributed by atoms with Gasteiger partial charge in [0.25, 0.3) is 0 Å². The normalized spacial score (nSPS) is 11.0. The molecule has 0 aliphatic carbocycles. The predicted octanol–water partition coefficient (Wildman–Crippen LogP) is 4.44. The van der Waals surface area contributed by atoms with E-state index in [4.69, 9.17) is 4.74 Å². The Morgan fingerprint density at radius 1 is 1.03 bits per heavy atom. The van der Waals surface area contributed by atoms with Crippen LogP contribution in [-0.4, -0.2) is 43.9 Å². The average Bonchev–Trinajstić information content (AvgIpc) is 3.43. The molecule has 0 saturated heterocycles. The first-order valence-corrected chi connectivity index (χ1v) is 12.1. The molecule has 9 heteroatoms. The van der Waals surface area contributed by atoms with Crippen LogP contribution in [0.2, 0.25) is 0 Å². The second kappa shape index (κ2) is 10.6. The smallest absolute Gasteiger partial charge is 0.232 e. The molecule has 0 unspecified atom stereocenters. The second-order valence-corrected chi connectivity index (χ2v) is 8.57. The standard InChI is InChI=1S/C25H27N5O3S/c1-4-29-15-18(17-10-6-8-12-20(17)29)21(31)16-34-25-28-27-23(30(25)5-2)14-24(32)26-19-11-7-9-13-22(19)33-3/h6-13,15H,4-5,14,16H2,1-3H3,(H,26,32). The van der Waals surface area contributed by atoms with Crippen molar-refractivity contribution in [2.24, 2.45) is 0 Å². The highest BCUT2D eigenvalue weighted by molar-refractivity contribution is 7.99. The molecule has 34 heavy (non-hydrogen) atoms. The van der Waals surface area contributed by atoms with E-state index in [1.807, 2.05) is 54.1 Å². The number of ketones is 1. The highest BCUT2D eigenvalue weighted by Gasteiger charge is 2.19. The zero-order chi connectivity index (χ0) is 24.1. The summed E-state index contributed by atoms with van der Waals surface area (Å²) in [6, 6.07) is 15.2. The summed E-state index contributed by atoms with van der Waals surface area (Å²) in [7, 11) is 1.56. The molecule has 176 valence electrons. The number of thioether (sulfide) groups is 1. The summed E-state index contributed by atoms with van der Waals surface area (Å²) in [5, 5.41) is 12.9. The van der Waals surface area contributed by atoms with Crippen LogP contribution >= 0.6 is 11.8 Å². The molecule has 2 heterocycles. The molecule has 4 aromatic rings. The number of aryl methyl sites for hydroxylation is 1. The van der Waals surface area contributed by atoms with Gasteiger partial charge in [-0.25, -0.2) is 0 Å². The maximum absolute atomic E-state index is 13.0. The summed E-state index contributed by atoms with van der Waals surface area (Å²) in [4.78, 5) is 25.7.